The molecule has 14 heavy (non-hydrogen) atoms. The summed E-state index contributed by atoms with van der Waals surface area (Å²) in [4.78, 5) is 0. The van der Waals surface area contributed by atoms with Crippen molar-refractivity contribution < 1.29 is 9.84 Å². The molecule has 0 saturated carbocycles. The van der Waals surface area contributed by atoms with Crippen LogP contribution in [0.15, 0.2) is 18.1 Å². The lowest BCUT2D eigenvalue weighted by atomic mass is 10.1. The number of hydrogen-bond donors (Lipinski definition) is 1. The molecular weight excluding hydrogens is 176 g/mol. The fourth-order valence-electron chi connectivity index (χ4n) is 1.40. The van der Waals surface area contributed by atoms with Gasteiger partial charge in [0.15, 0.2) is 5.76 Å². The second-order valence-corrected chi connectivity index (χ2v) is 3.46. The summed E-state index contributed by atoms with van der Waals surface area (Å²) in [6.45, 7) is 5.66. The van der Waals surface area contributed by atoms with Crippen LogP contribution in [0.2, 0.25) is 0 Å². The van der Waals surface area contributed by atoms with Gasteiger partial charge in [-0.2, -0.15) is 0 Å². The fourth-order valence-corrected chi connectivity index (χ4v) is 1.40. The number of methoxy groups -OCH3 is 1. The first-order chi connectivity index (χ1) is 6.76. The van der Waals surface area contributed by atoms with Crippen molar-refractivity contribution >= 4 is 0 Å². The van der Waals surface area contributed by atoms with Gasteiger partial charge >= 0.3 is 0 Å². The Morgan fingerprint density at radius 2 is 2.00 bits per heavy atom. The monoisotopic (exact) mass is 198 g/mol. The Bertz CT molecular complexity index is 181. The van der Waals surface area contributed by atoms with Crippen LogP contribution in [0.4, 0.5) is 0 Å². The molecule has 0 aromatic carbocycles. The topological polar surface area (TPSA) is 29.5 Å². The first-order valence-corrected chi connectivity index (χ1v) is 5.38. The number of rotatable bonds is 8. The third-order valence-corrected chi connectivity index (χ3v) is 2.28. The van der Waals surface area contributed by atoms with Gasteiger partial charge in [-0.15, -0.1) is 0 Å². The van der Waals surface area contributed by atoms with Crippen LogP contribution in [0.5, 0.6) is 0 Å². The van der Waals surface area contributed by atoms with E-state index in [9.17, 15) is 5.11 Å². The third-order valence-electron chi connectivity index (χ3n) is 2.28. The zero-order valence-corrected chi connectivity index (χ0v) is 9.38. The summed E-state index contributed by atoms with van der Waals surface area (Å²) in [5, 5.41) is 9.60. The van der Waals surface area contributed by atoms with Crippen LogP contribution in [-0.2, 0) is 4.74 Å². The molecular formula is C12H22O2. The smallest absolute Gasteiger partial charge is 0.166 e. The molecule has 0 spiro atoms. The molecule has 2 heteroatoms. The van der Waals surface area contributed by atoms with Gasteiger partial charge < -0.3 is 9.84 Å². The van der Waals surface area contributed by atoms with E-state index in [2.05, 4.69) is 19.2 Å². The van der Waals surface area contributed by atoms with Crippen molar-refractivity contribution in [2.45, 2.75) is 51.6 Å². The minimum Gasteiger partial charge on any atom is -0.490 e. The Hall–Kier alpha value is -0.720. The second-order valence-electron chi connectivity index (χ2n) is 3.46. The summed E-state index contributed by atoms with van der Waals surface area (Å²) >= 11 is 0. The number of hydrogen-bond acceptors (Lipinski definition) is 2. The molecule has 2 nitrogen and oxygen atoms in total. The van der Waals surface area contributed by atoms with Crippen molar-refractivity contribution in [2.75, 3.05) is 7.11 Å². The standard InChI is InChI=1S/C12H22O2/c1-4-6-7-8-9-10-11(13)12(5-2)14-3/h11,13H,2,4,6-10H2,1,3H3. The molecule has 0 rings (SSSR count). The first kappa shape index (κ1) is 13.3. The maximum Gasteiger partial charge on any atom is 0.166 e. The number of unbranched alkanes of at least 4 members (excludes halogenated alkanes) is 4. The predicted octanol–water partition coefficient (Wildman–Crippen LogP) is 3.02. The molecule has 0 amide bonds. The van der Waals surface area contributed by atoms with Crippen LogP contribution in [0, 0.1) is 0 Å². The minimum atomic E-state index is -0.529. The normalized spacial score (nSPS) is 11.9. The average molecular weight is 198 g/mol. The molecule has 1 N–H and O–H groups in total. The molecule has 0 saturated heterocycles. The lowest BCUT2D eigenvalue weighted by molar-refractivity contribution is 0.119. The molecule has 0 aliphatic rings. The van der Waals surface area contributed by atoms with E-state index in [1.807, 2.05) is 0 Å². The van der Waals surface area contributed by atoms with Crippen molar-refractivity contribution in [1.29, 1.82) is 0 Å². The largest absolute Gasteiger partial charge is 0.490 e. The van der Waals surface area contributed by atoms with Crippen molar-refractivity contribution in [3.63, 3.8) is 0 Å². The minimum absolute atomic E-state index is 0.459. The Balaban J connectivity index is 3.53. The highest BCUT2D eigenvalue weighted by Crippen LogP contribution is 2.12. The zero-order valence-electron chi connectivity index (χ0n) is 9.38. The summed E-state index contributed by atoms with van der Waals surface area (Å²) in [7, 11) is 1.54. The van der Waals surface area contributed by atoms with Gasteiger partial charge in [-0.1, -0.05) is 51.3 Å². The molecule has 0 heterocycles. The Labute approximate surface area is 87.3 Å². The zero-order chi connectivity index (χ0) is 10.8. The maximum absolute atomic E-state index is 9.60. The molecule has 0 aliphatic heterocycles. The van der Waals surface area contributed by atoms with E-state index in [0.717, 1.165) is 12.8 Å². The Morgan fingerprint density at radius 1 is 1.36 bits per heavy atom. The Kier molecular flexibility index (Phi) is 8.40. The maximum atomic E-state index is 9.60. The van der Waals surface area contributed by atoms with Crippen LogP contribution < -0.4 is 0 Å². The summed E-state index contributed by atoms with van der Waals surface area (Å²) in [6, 6.07) is 0. The molecule has 1 unspecified atom stereocenters. The van der Waals surface area contributed by atoms with Crippen molar-refractivity contribution in [3.8, 4) is 0 Å². The average Bonchev–Trinajstić information content (AvgIpc) is 2.19. The van der Waals surface area contributed by atoms with Gasteiger partial charge in [0.25, 0.3) is 0 Å². The van der Waals surface area contributed by atoms with Crippen LogP contribution in [0.3, 0.4) is 0 Å². The number of aliphatic hydroxyl groups is 1. The Morgan fingerprint density at radius 3 is 2.50 bits per heavy atom. The fraction of sp³-hybridized carbons (Fsp3) is 0.750. The van der Waals surface area contributed by atoms with Crippen LogP contribution >= 0.6 is 0 Å². The van der Waals surface area contributed by atoms with Gasteiger partial charge in [0.2, 0.25) is 0 Å². The molecule has 0 bridgehead atoms. The SMILES string of the molecule is C=C=C(OC)C(O)CCCCCCC. The molecule has 0 aliphatic carbocycles. The summed E-state index contributed by atoms with van der Waals surface area (Å²) in [5.74, 6) is 0.459. The van der Waals surface area contributed by atoms with Crippen molar-refractivity contribution in [3.05, 3.63) is 18.1 Å². The number of ether oxygens (including phenoxy) is 1. The van der Waals surface area contributed by atoms with Gasteiger partial charge in [-0.3, -0.25) is 0 Å². The van der Waals surface area contributed by atoms with E-state index < -0.39 is 6.10 Å². The van der Waals surface area contributed by atoms with E-state index in [1.165, 1.54) is 32.8 Å². The first-order valence-electron chi connectivity index (χ1n) is 5.38. The van der Waals surface area contributed by atoms with Gasteiger partial charge in [0.1, 0.15) is 6.10 Å². The quantitative estimate of drug-likeness (QED) is 0.369. The highest BCUT2D eigenvalue weighted by Gasteiger charge is 2.09. The van der Waals surface area contributed by atoms with Crippen LogP contribution in [0.25, 0.3) is 0 Å². The molecule has 0 radical (unpaired) electrons. The molecule has 0 aromatic heterocycles. The molecule has 0 aromatic rings. The lowest BCUT2D eigenvalue weighted by Gasteiger charge is -2.11. The molecule has 0 fully saturated rings. The van der Waals surface area contributed by atoms with Crippen molar-refractivity contribution in [1.82, 2.24) is 0 Å². The highest BCUT2D eigenvalue weighted by atomic mass is 16.5. The molecule has 1 atom stereocenters. The van der Waals surface area contributed by atoms with Gasteiger partial charge in [-0.25, -0.2) is 0 Å². The third kappa shape index (κ3) is 5.85. The van der Waals surface area contributed by atoms with Crippen molar-refractivity contribution in [2.24, 2.45) is 0 Å². The van der Waals surface area contributed by atoms with Crippen LogP contribution in [0.1, 0.15) is 45.4 Å². The molecule has 82 valence electrons. The van der Waals surface area contributed by atoms with Gasteiger partial charge in [0.05, 0.1) is 7.11 Å². The van der Waals surface area contributed by atoms with E-state index >= 15 is 0 Å². The van der Waals surface area contributed by atoms with Crippen LogP contribution in [-0.4, -0.2) is 18.3 Å². The van der Waals surface area contributed by atoms with E-state index in [-0.39, 0.29) is 0 Å². The van der Waals surface area contributed by atoms with Gasteiger partial charge in [-0.05, 0) is 6.42 Å². The second kappa shape index (κ2) is 8.86. The summed E-state index contributed by atoms with van der Waals surface area (Å²) in [5.41, 5.74) is 2.60. The predicted molar refractivity (Wildman–Crippen MR) is 59.0 cm³/mol. The van der Waals surface area contributed by atoms with E-state index in [1.54, 1.807) is 0 Å². The number of aliphatic hydroxyl groups excluding tert-OH is 1. The van der Waals surface area contributed by atoms with Gasteiger partial charge in [0, 0.05) is 0 Å². The lowest BCUT2D eigenvalue weighted by Crippen LogP contribution is -2.10. The van der Waals surface area contributed by atoms with E-state index in [4.69, 9.17) is 4.74 Å². The van der Waals surface area contributed by atoms with E-state index in [0.29, 0.717) is 5.76 Å². The summed E-state index contributed by atoms with van der Waals surface area (Å²) in [6.07, 6.45) is 6.22. The summed E-state index contributed by atoms with van der Waals surface area (Å²) < 4.78 is 4.93. The highest BCUT2D eigenvalue weighted by molar-refractivity contribution is 4.95.